The van der Waals surface area contributed by atoms with Crippen molar-refractivity contribution in [2.45, 2.75) is 20.0 Å². The van der Waals surface area contributed by atoms with Gasteiger partial charge in [-0.3, -0.25) is 4.98 Å². The van der Waals surface area contributed by atoms with E-state index < -0.39 is 6.10 Å². The van der Waals surface area contributed by atoms with Crippen molar-refractivity contribution in [2.24, 2.45) is 0 Å². The monoisotopic (exact) mass is 137 g/mol. The molecule has 0 aromatic carbocycles. The molecule has 0 bridgehead atoms. The van der Waals surface area contributed by atoms with E-state index in [1.54, 1.807) is 13.1 Å². The third-order valence-electron chi connectivity index (χ3n) is 1.45. The van der Waals surface area contributed by atoms with E-state index in [1.165, 1.54) is 0 Å². The highest BCUT2D eigenvalue weighted by molar-refractivity contribution is 5.18. The van der Waals surface area contributed by atoms with Gasteiger partial charge in [0.05, 0.1) is 11.8 Å². The molecule has 0 aliphatic heterocycles. The molecule has 1 unspecified atom stereocenters. The van der Waals surface area contributed by atoms with Crippen LogP contribution in [0, 0.1) is 6.92 Å². The number of hydrogen-bond acceptors (Lipinski definition) is 2. The first kappa shape index (κ1) is 7.22. The summed E-state index contributed by atoms with van der Waals surface area (Å²) in [6.07, 6.45) is 1.23. The lowest BCUT2D eigenvalue weighted by Gasteiger charge is -2.05. The highest BCUT2D eigenvalue weighted by atomic mass is 16.3. The van der Waals surface area contributed by atoms with Crippen LogP contribution in [-0.2, 0) is 0 Å². The number of aliphatic hydroxyl groups excluding tert-OH is 1. The third kappa shape index (κ3) is 1.33. The van der Waals surface area contributed by atoms with E-state index in [4.69, 9.17) is 5.11 Å². The molecule has 0 saturated carbocycles. The molecule has 0 amide bonds. The molecule has 2 heteroatoms. The van der Waals surface area contributed by atoms with Gasteiger partial charge >= 0.3 is 0 Å². The standard InChI is InChI=1S/C8H11NO/c1-6-4-3-5-9-8(6)7(2)10/h3-5,7,10H,1-2H3. The molecule has 1 heterocycles. The fourth-order valence-electron chi connectivity index (χ4n) is 0.935. The van der Waals surface area contributed by atoms with Crippen LogP contribution in [0.5, 0.6) is 0 Å². The van der Waals surface area contributed by atoms with Crippen LogP contribution in [0.15, 0.2) is 18.3 Å². The molecular formula is C8H11NO. The van der Waals surface area contributed by atoms with Gasteiger partial charge in [-0.15, -0.1) is 0 Å². The van der Waals surface area contributed by atoms with Crippen LogP contribution < -0.4 is 0 Å². The molecule has 0 aliphatic carbocycles. The highest BCUT2D eigenvalue weighted by Crippen LogP contribution is 2.11. The Hall–Kier alpha value is -0.890. The highest BCUT2D eigenvalue weighted by Gasteiger charge is 2.03. The van der Waals surface area contributed by atoms with Crippen LogP contribution in [0.1, 0.15) is 24.3 Å². The summed E-state index contributed by atoms with van der Waals surface area (Å²) in [5, 5.41) is 9.14. The molecule has 0 saturated heterocycles. The molecule has 1 aromatic rings. The first-order valence-electron chi connectivity index (χ1n) is 3.31. The maximum absolute atomic E-state index is 9.14. The second kappa shape index (κ2) is 2.80. The van der Waals surface area contributed by atoms with Crippen molar-refractivity contribution in [2.75, 3.05) is 0 Å². The third-order valence-corrected chi connectivity index (χ3v) is 1.45. The van der Waals surface area contributed by atoms with E-state index in [0.29, 0.717) is 0 Å². The molecule has 1 rings (SSSR count). The molecule has 0 radical (unpaired) electrons. The smallest absolute Gasteiger partial charge is 0.0934 e. The molecule has 1 aromatic heterocycles. The largest absolute Gasteiger partial charge is 0.387 e. The average Bonchev–Trinajstić information content (AvgIpc) is 1.88. The normalized spacial score (nSPS) is 13.1. The minimum absolute atomic E-state index is 0.457. The van der Waals surface area contributed by atoms with E-state index in [9.17, 15) is 0 Å². The molecular weight excluding hydrogens is 126 g/mol. The van der Waals surface area contributed by atoms with Crippen molar-refractivity contribution >= 4 is 0 Å². The van der Waals surface area contributed by atoms with Crippen LogP contribution in [0.4, 0.5) is 0 Å². The van der Waals surface area contributed by atoms with Crippen LogP contribution in [0.2, 0.25) is 0 Å². The Balaban J connectivity index is 3.03. The summed E-state index contributed by atoms with van der Waals surface area (Å²) in [5.74, 6) is 0. The molecule has 0 fully saturated rings. The lowest BCUT2D eigenvalue weighted by molar-refractivity contribution is 0.193. The van der Waals surface area contributed by atoms with Gasteiger partial charge in [-0.2, -0.15) is 0 Å². The van der Waals surface area contributed by atoms with Crippen molar-refractivity contribution < 1.29 is 5.11 Å². The molecule has 0 spiro atoms. The predicted molar refractivity (Wildman–Crippen MR) is 39.6 cm³/mol. The Labute approximate surface area is 60.5 Å². The summed E-state index contributed by atoms with van der Waals surface area (Å²) in [5.41, 5.74) is 1.81. The van der Waals surface area contributed by atoms with E-state index in [0.717, 1.165) is 11.3 Å². The second-order valence-corrected chi connectivity index (χ2v) is 2.38. The first-order valence-corrected chi connectivity index (χ1v) is 3.31. The van der Waals surface area contributed by atoms with E-state index in [1.807, 2.05) is 19.1 Å². The summed E-state index contributed by atoms with van der Waals surface area (Å²) >= 11 is 0. The SMILES string of the molecule is Cc1cccnc1C(C)O. The Morgan fingerprint density at radius 3 is 2.70 bits per heavy atom. The zero-order valence-corrected chi connectivity index (χ0v) is 6.20. The van der Waals surface area contributed by atoms with Crippen molar-refractivity contribution in [1.82, 2.24) is 4.98 Å². The van der Waals surface area contributed by atoms with E-state index in [-0.39, 0.29) is 0 Å². The Morgan fingerprint density at radius 2 is 2.30 bits per heavy atom. The summed E-state index contributed by atoms with van der Waals surface area (Å²) in [7, 11) is 0. The van der Waals surface area contributed by atoms with Gasteiger partial charge in [0.1, 0.15) is 0 Å². The minimum Gasteiger partial charge on any atom is -0.387 e. The van der Waals surface area contributed by atoms with Gasteiger partial charge in [0, 0.05) is 6.20 Å². The van der Waals surface area contributed by atoms with Crippen molar-refractivity contribution in [1.29, 1.82) is 0 Å². The number of pyridine rings is 1. The number of nitrogens with zero attached hydrogens (tertiary/aromatic N) is 1. The fourth-order valence-corrected chi connectivity index (χ4v) is 0.935. The van der Waals surface area contributed by atoms with Gasteiger partial charge in [0.25, 0.3) is 0 Å². The van der Waals surface area contributed by atoms with Crippen LogP contribution >= 0.6 is 0 Å². The Morgan fingerprint density at radius 1 is 1.60 bits per heavy atom. The fraction of sp³-hybridized carbons (Fsp3) is 0.375. The predicted octanol–water partition coefficient (Wildman–Crippen LogP) is 1.44. The lowest BCUT2D eigenvalue weighted by atomic mass is 10.1. The lowest BCUT2D eigenvalue weighted by Crippen LogP contribution is -1.97. The average molecular weight is 137 g/mol. The van der Waals surface area contributed by atoms with E-state index >= 15 is 0 Å². The van der Waals surface area contributed by atoms with E-state index in [2.05, 4.69) is 4.98 Å². The molecule has 10 heavy (non-hydrogen) atoms. The quantitative estimate of drug-likeness (QED) is 0.635. The van der Waals surface area contributed by atoms with Crippen molar-refractivity contribution in [3.8, 4) is 0 Å². The minimum atomic E-state index is -0.457. The van der Waals surface area contributed by atoms with Gasteiger partial charge in [0.15, 0.2) is 0 Å². The van der Waals surface area contributed by atoms with Crippen molar-refractivity contribution in [3.05, 3.63) is 29.6 Å². The summed E-state index contributed by atoms with van der Waals surface area (Å²) < 4.78 is 0. The maximum Gasteiger partial charge on any atom is 0.0934 e. The molecule has 2 nitrogen and oxygen atoms in total. The van der Waals surface area contributed by atoms with Crippen molar-refractivity contribution in [3.63, 3.8) is 0 Å². The van der Waals surface area contributed by atoms with Gasteiger partial charge in [0.2, 0.25) is 0 Å². The van der Waals surface area contributed by atoms with Gasteiger partial charge < -0.3 is 5.11 Å². The topological polar surface area (TPSA) is 33.1 Å². The van der Waals surface area contributed by atoms with Gasteiger partial charge in [-0.1, -0.05) is 6.07 Å². The second-order valence-electron chi connectivity index (χ2n) is 2.38. The Bertz CT molecular complexity index is 220. The molecule has 0 aliphatic rings. The summed E-state index contributed by atoms with van der Waals surface area (Å²) in [6.45, 7) is 3.66. The summed E-state index contributed by atoms with van der Waals surface area (Å²) in [4.78, 5) is 4.03. The molecule has 1 atom stereocenters. The first-order chi connectivity index (χ1) is 4.72. The number of aromatic nitrogens is 1. The molecule has 54 valence electrons. The molecule has 1 N–H and O–H groups in total. The van der Waals surface area contributed by atoms with Crippen LogP contribution in [0.25, 0.3) is 0 Å². The summed E-state index contributed by atoms with van der Waals surface area (Å²) in [6, 6.07) is 3.80. The number of aliphatic hydroxyl groups is 1. The zero-order chi connectivity index (χ0) is 7.56. The van der Waals surface area contributed by atoms with Gasteiger partial charge in [-0.25, -0.2) is 0 Å². The number of rotatable bonds is 1. The number of aryl methyl sites for hydroxylation is 1. The van der Waals surface area contributed by atoms with Gasteiger partial charge in [-0.05, 0) is 25.5 Å². The van der Waals surface area contributed by atoms with Crippen LogP contribution in [0.3, 0.4) is 0 Å². The zero-order valence-electron chi connectivity index (χ0n) is 6.20. The van der Waals surface area contributed by atoms with Crippen LogP contribution in [-0.4, -0.2) is 10.1 Å². The maximum atomic E-state index is 9.14. The Kier molecular flexibility index (Phi) is 2.02. The number of hydrogen-bond donors (Lipinski definition) is 1.